The quantitative estimate of drug-likeness (QED) is 0.558. The van der Waals surface area contributed by atoms with Crippen molar-refractivity contribution in [3.05, 3.63) is 0 Å². The van der Waals surface area contributed by atoms with E-state index in [4.69, 9.17) is 0 Å². The standard InChI is InChI=1S/C12H27N3O6S3/c1-4-22(16,17)13-7-9-14(23(18,19)5-2)11-12-15(10-8-13)24(20,21)6-3/h4-12H2,1-3H3. The van der Waals surface area contributed by atoms with Gasteiger partial charge in [0.2, 0.25) is 30.1 Å². The van der Waals surface area contributed by atoms with Crippen molar-refractivity contribution in [2.45, 2.75) is 20.8 Å². The largest absolute Gasteiger partial charge is 0.213 e. The Kier molecular flexibility index (Phi) is 7.63. The van der Waals surface area contributed by atoms with Gasteiger partial charge >= 0.3 is 0 Å². The Morgan fingerprint density at radius 3 is 0.792 bits per heavy atom. The molecule has 24 heavy (non-hydrogen) atoms. The molecule has 0 atom stereocenters. The molecule has 0 aromatic carbocycles. The average molecular weight is 406 g/mol. The summed E-state index contributed by atoms with van der Waals surface area (Å²) >= 11 is 0. The monoisotopic (exact) mass is 405 g/mol. The third kappa shape index (κ3) is 5.36. The van der Waals surface area contributed by atoms with Crippen molar-refractivity contribution < 1.29 is 25.3 Å². The van der Waals surface area contributed by atoms with Crippen LogP contribution in [0.2, 0.25) is 0 Å². The Morgan fingerprint density at radius 2 is 0.667 bits per heavy atom. The summed E-state index contributed by atoms with van der Waals surface area (Å²) in [6.45, 7) is 4.65. The number of rotatable bonds is 6. The van der Waals surface area contributed by atoms with Crippen molar-refractivity contribution in [3.8, 4) is 0 Å². The number of hydrogen-bond donors (Lipinski definition) is 0. The van der Waals surface area contributed by atoms with E-state index in [2.05, 4.69) is 0 Å². The highest BCUT2D eigenvalue weighted by atomic mass is 32.2. The first-order chi connectivity index (χ1) is 11.0. The van der Waals surface area contributed by atoms with E-state index in [1.54, 1.807) is 0 Å². The van der Waals surface area contributed by atoms with Crippen LogP contribution in [0.4, 0.5) is 0 Å². The summed E-state index contributed by atoms with van der Waals surface area (Å²) in [4.78, 5) is 0. The van der Waals surface area contributed by atoms with Gasteiger partial charge in [0, 0.05) is 39.3 Å². The van der Waals surface area contributed by atoms with Gasteiger partial charge in [-0.15, -0.1) is 0 Å². The summed E-state index contributed by atoms with van der Waals surface area (Å²) in [5.41, 5.74) is 0. The first-order valence-corrected chi connectivity index (χ1v) is 12.8. The molecule has 1 aliphatic heterocycles. The lowest BCUT2D eigenvalue weighted by atomic mass is 10.5. The molecule has 0 N–H and O–H groups in total. The van der Waals surface area contributed by atoms with Gasteiger partial charge in [-0.25, -0.2) is 25.3 Å². The van der Waals surface area contributed by atoms with Gasteiger partial charge in [-0.3, -0.25) is 0 Å². The van der Waals surface area contributed by atoms with E-state index < -0.39 is 30.1 Å². The SMILES string of the molecule is CCS(=O)(=O)N1CCN(S(=O)(=O)CC)CCN(S(=O)(=O)CC)CC1. The van der Waals surface area contributed by atoms with E-state index in [1.807, 2.05) is 0 Å². The van der Waals surface area contributed by atoms with Gasteiger partial charge in [-0.05, 0) is 20.8 Å². The van der Waals surface area contributed by atoms with Crippen molar-refractivity contribution in [1.82, 2.24) is 12.9 Å². The molecule has 0 aromatic heterocycles. The predicted octanol–water partition coefficient (Wildman–Crippen LogP) is -1.04. The van der Waals surface area contributed by atoms with Crippen molar-refractivity contribution >= 4 is 30.1 Å². The number of sulfonamides is 3. The molecule has 12 heteroatoms. The van der Waals surface area contributed by atoms with Gasteiger partial charge < -0.3 is 0 Å². The molecule has 0 spiro atoms. The van der Waals surface area contributed by atoms with Gasteiger partial charge in [0.25, 0.3) is 0 Å². The molecule has 0 aromatic rings. The Labute approximate surface area is 145 Å². The van der Waals surface area contributed by atoms with Crippen molar-refractivity contribution in [3.63, 3.8) is 0 Å². The minimum Gasteiger partial charge on any atom is -0.212 e. The summed E-state index contributed by atoms with van der Waals surface area (Å²) in [6.07, 6.45) is 0. The van der Waals surface area contributed by atoms with Crippen LogP contribution in [0, 0.1) is 0 Å². The number of nitrogens with zero attached hydrogens (tertiary/aromatic N) is 3. The first-order valence-electron chi connectivity index (χ1n) is 7.93. The summed E-state index contributed by atoms with van der Waals surface area (Å²) in [6, 6.07) is 0. The lowest BCUT2D eigenvalue weighted by molar-refractivity contribution is 0.365. The van der Waals surface area contributed by atoms with Crippen LogP contribution in [0.1, 0.15) is 20.8 Å². The molecule has 0 radical (unpaired) electrons. The lowest BCUT2D eigenvalue weighted by Crippen LogP contribution is -2.42. The van der Waals surface area contributed by atoms with E-state index >= 15 is 0 Å². The molecule has 144 valence electrons. The zero-order chi connectivity index (χ0) is 18.6. The fourth-order valence-corrected chi connectivity index (χ4v) is 5.64. The topological polar surface area (TPSA) is 112 Å². The Hall–Kier alpha value is -0.270. The van der Waals surface area contributed by atoms with E-state index in [-0.39, 0.29) is 56.5 Å². The molecule has 0 unspecified atom stereocenters. The summed E-state index contributed by atoms with van der Waals surface area (Å²) < 4.78 is 76.6. The Morgan fingerprint density at radius 1 is 0.500 bits per heavy atom. The first kappa shape index (κ1) is 21.8. The zero-order valence-electron chi connectivity index (χ0n) is 14.4. The molecule has 0 amide bonds. The van der Waals surface area contributed by atoms with Crippen LogP contribution >= 0.6 is 0 Å². The van der Waals surface area contributed by atoms with Crippen molar-refractivity contribution in [2.75, 3.05) is 56.5 Å². The van der Waals surface area contributed by atoms with Crippen LogP contribution in [-0.4, -0.2) is 94.7 Å². The third-order valence-electron chi connectivity index (χ3n) is 4.07. The molecule has 1 heterocycles. The van der Waals surface area contributed by atoms with Crippen LogP contribution in [0.5, 0.6) is 0 Å². The smallest absolute Gasteiger partial charge is 0.212 e. The number of hydrogen-bond acceptors (Lipinski definition) is 6. The average Bonchev–Trinajstić information content (AvgIpc) is 2.65. The molecule has 1 saturated heterocycles. The van der Waals surface area contributed by atoms with Gasteiger partial charge in [0.15, 0.2) is 0 Å². The predicted molar refractivity (Wildman–Crippen MR) is 93.1 cm³/mol. The van der Waals surface area contributed by atoms with Crippen molar-refractivity contribution in [2.24, 2.45) is 0 Å². The second-order valence-corrected chi connectivity index (χ2v) is 12.2. The molecule has 9 nitrogen and oxygen atoms in total. The molecular weight excluding hydrogens is 378 g/mol. The summed E-state index contributed by atoms with van der Waals surface area (Å²) in [5.74, 6) is -0.351. The van der Waals surface area contributed by atoms with Crippen LogP contribution in [-0.2, 0) is 30.1 Å². The van der Waals surface area contributed by atoms with Gasteiger partial charge in [0.1, 0.15) is 0 Å². The summed E-state index contributed by atoms with van der Waals surface area (Å²) in [7, 11) is -10.6. The minimum absolute atomic E-state index is 0.0232. The van der Waals surface area contributed by atoms with E-state index in [0.717, 1.165) is 0 Å². The highest BCUT2D eigenvalue weighted by Gasteiger charge is 2.30. The highest BCUT2D eigenvalue weighted by molar-refractivity contribution is 7.89. The maximum atomic E-state index is 12.2. The Balaban J connectivity index is 3.18. The van der Waals surface area contributed by atoms with Gasteiger partial charge in [-0.1, -0.05) is 0 Å². The van der Waals surface area contributed by atoms with Crippen LogP contribution in [0.25, 0.3) is 0 Å². The normalized spacial score (nSPS) is 21.1. The molecule has 1 fully saturated rings. The maximum absolute atomic E-state index is 12.2. The second-order valence-electron chi connectivity index (χ2n) is 5.40. The molecule has 0 saturated carbocycles. The van der Waals surface area contributed by atoms with E-state index in [1.165, 1.54) is 33.7 Å². The van der Waals surface area contributed by atoms with Crippen LogP contribution in [0.3, 0.4) is 0 Å². The summed E-state index contributed by atoms with van der Waals surface area (Å²) in [5, 5.41) is 0. The maximum Gasteiger partial charge on any atom is 0.213 e. The molecule has 1 aliphatic rings. The zero-order valence-corrected chi connectivity index (χ0v) is 16.8. The van der Waals surface area contributed by atoms with Gasteiger partial charge in [-0.2, -0.15) is 12.9 Å². The van der Waals surface area contributed by atoms with Gasteiger partial charge in [0.05, 0.1) is 17.3 Å². The molecular formula is C12H27N3O6S3. The van der Waals surface area contributed by atoms with Crippen LogP contribution < -0.4 is 0 Å². The van der Waals surface area contributed by atoms with Crippen LogP contribution in [0.15, 0.2) is 0 Å². The Bertz CT molecular complexity index is 605. The van der Waals surface area contributed by atoms with Crippen molar-refractivity contribution in [1.29, 1.82) is 0 Å². The fraction of sp³-hybridized carbons (Fsp3) is 1.00. The minimum atomic E-state index is -3.54. The highest BCUT2D eigenvalue weighted by Crippen LogP contribution is 2.12. The fourth-order valence-electron chi connectivity index (χ4n) is 2.39. The molecule has 0 bridgehead atoms. The molecule has 0 aliphatic carbocycles. The lowest BCUT2D eigenvalue weighted by Gasteiger charge is -2.24. The van der Waals surface area contributed by atoms with E-state index in [9.17, 15) is 25.3 Å². The molecule has 1 rings (SSSR count). The van der Waals surface area contributed by atoms with E-state index in [0.29, 0.717) is 0 Å². The third-order valence-corrected chi connectivity index (χ3v) is 9.72. The second kappa shape index (κ2) is 8.41.